The zero-order chi connectivity index (χ0) is 27.6. The molecular formula is C25H29F4N3O5. The number of likely N-dealkylation sites (tertiary alicyclic amines) is 1. The van der Waals surface area contributed by atoms with Gasteiger partial charge in [0.2, 0.25) is 5.91 Å². The molecule has 3 rings (SSSR count). The number of alkyl halides is 3. The lowest BCUT2D eigenvalue weighted by atomic mass is 10.0. The molecule has 0 spiro atoms. The highest BCUT2D eigenvalue weighted by Crippen LogP contribution is 2.20. The number of carbonyl (C=O) groups is 3. The molecule has 8 nitrogen and oxygen atoms in total. The molecule has 0 aromatic heterocycles. The number of methoxy groups -OCH3 is 1. The van der Waals surface area contributed by atoms with E-state index in [1.807, 2.05) is 0 Å². The number of ether oxygens (including phenoxy) is 1. The van der Waals surface area contributed by atoms with Crippen LogP contribution in [0.4, 0.5) is 17.6 Å². The number of hydrogen-bond acceptors (Lipinski definition) is 5. The van der Waals surface area contributed by atoms with Gasteiger partial charge in [-0.3, -0.25) is 9.59 Å². The maximum atomic E-state index is 13.8. The molecule has 1 unspecified atom stereocenters. The highest BCUT2D eigenvalue weighted by Gasteiger charge is 2.38. The molecule has 1 heterocycles. The van der Waals surface area contributed by atoms with E-state index in [-0.39, 0.29) is 30.1 Å². The Morgan fingerprint density at radius 1 is 1.19 bits per heavy atom. The Hall–Kier alpha value is -3.67. The molecule has 37 heavy (non-hydrogen) atoms. The Bertz CT molecular complexity index is 1080. The van der Waals surface area contributed by atoms with Crippen LogP contribution >= 0.6 is 0 Å². The van der Waals surface area contributed by atoms with Crippen LogP contribution in [0.5, 0.6) is 5.75 Å². The van der Waals surface area contributed by atoms with Crippen LogP contribution in [0.15, 0.2) is 48.5 Å². The smallest absolute Gasteiger partial charge is 0.490 e. The number of nitrogens with zero attached hydrogens (tertiary/aromatic N) is 1. The molecule has 2 amide bonds. The van der Waals surface area contributed by atoms with Gasteiger partial charge < -0.3 is 25.8 Å². The van der Waals surface area contributed by atoms with Gasteiger partial charge in [-0.25, -0.2) is 9.18 Å². The summed E-state index contributed by atoms with van der Waals surface area (Å²) in [6.07, 6.45) is -2.92. The van der Waals surface area contributed by atoms with Gasteiger partial charge in [-0.2, -0.15) is 13.2 Å². The molecular weight excluding hydrogens is 498 g/mol. The SMILES string of the molecule is COc1cccc(C(=O)NC[C@@H]2CCCN2C(=O)CC(N)Cc2ccccc2F)c1.O=C(O)C(F)(F)F. The van der Waals surface area contributed by atoms with Gasteiger partial charge in [-0.15, -0.1) is 0 Å². The van der Waals surface area contributed by atoms with Crippen molar-refractivity contribution in [3.8, 4) is 5.75 Å². The number of benzene rings is 2. The van der Waals surface area contributed by atoms with Crippen molar-refractivity contribution in [3.63, 3.8) is 0 Å². The normalized spacial score (nSPS) is 15.8. The number of carbonyl (C=O) groups excluding carboxylic acids is 2. The number of halogens is 4. The Kier molecular flexibility index (Phi) is 10.9. The Morgan fingerprint density at radius 2 is 1.86 bits per heavy atom. The van der Waals surface area contributed by atoms with Gasteiger partial charge in [-0.1, -0.05) is 24.3 Å². The number of carboxylic acids is 1. The fourth-order valence-electron chi connectivity index (χ4n) is 3.81. The number of nitrogens with one attached hydrogen (secondary N) is 1. The van der Waals surface area contributed by atoms with Gasteiger partial charge in [0.1, 0.15) is 11.6 Å². The van der Waals surface area contributed by atoms with E-state index >= 15 is 0 Å². The molecule has 202 valence electrons. The van der Waals surface area contributed by atoms with Crippen molar-refractivity contribution in [2.75, 3.05) is 20.2 Å². The van der Waals surface area contributed by atoms with E-state index in [0.29, 0.717) is 36.4 Å². The van der Waals surface area contributed by atoms with Crippen molar-refractivity contribution < 1.29 is 41.8 Å². The van der Waals surface area contributed by atoms with Gasteiger partial charge >= 0.3 is 12.1 Å². The number of carboxylic acid groups (broad SMARTS) is 1. The molecule has 1 aliphatic heterocycles. The number of rotatable bonds is 8. The lowest BCUT2D eigenvalue weighted by Crippen LogP contribution is -2.45. The lowest BCUT2D eigenvalue weighted by Gasteiger charge is -2.26. The third kappa shape index (κ3) is 9.37. The van der Waals surface area contributed by atoms with Crippen LogP contribution in [0.2, 0.25) is 0 Å². The molecule has 0 saturated carbocycles. The van der Waals surface area contributed by atoms with Crippen LogP contribution in [0.1, 0.15) is 35.2 Å². The topological polar surface area (TPSA) is 122 Å². The van der Waals surface area contributed by atoms with E-state index in [1.54, 1.807) is 54.5 Å². The molecule has 2 aromatic rings. The summed E-state index contributed by atoms with van der Waals surface area (Å²) < 4.78 is 50.7. The zero-order valence-electron chi connectivity index (χ0n) is 20.1. The molecule has 1 saturated heterocycles. The number of amides is 2. The van der Waals surface area contributed by atoms with Gasteiger partial charge in [-0.05, 0) is 49.1 Å². The number of nitrogens with two attached hydrogens (primary N) is 1. The fraction of sp³-hybridized carbons (Fsp3) is 0.400. The first-order chi connectivity index (χ1) is 17.4. The third-order valence-electron chi connectivity index (χ3n) is 5.65. The number of hydrogen-bond donors (Lipinski definition) is 3. The average molecular weight is 528 g/mol. The van der Waals surface area contributed by atoms with Crippen molar-refractivity contribution in [3.05, 3.63) is 65.5 Å². The summed E-state index contributed by atoms with van der Waals surface area (Å²) in [6.45, 7) is 1.02. The standard InChI is InChI=1S/C23H28FN3O3.C2HF3O2/c1-30-20-9-4-7-17(13-20)23(29)26-15-19-8-5-11-27(19)22(28)14-18(25)12-16-6-2-3-10-21(16)24;3-2(4,5)1(6)7/h2-4,6-7,9-10,13,18-19H,5,8,11-12,14-15,25H2,1H3,(H,26,29);(H,6,7)/t18?,19-;/m0./s1. The predicted octanol–water partition coefficient (Wildman–Crippen LogP) is 3.15. The van der Waals surface area contributed by atoms with E-state index in [0.717, 1.165) is 12.8 Å². The monoisotopic (exact) mass is 527 g/mol. The summed E-state index contributed by atoms with van der Waals surface area (Å²) in [5, 5.41) is 10.0. The predicted molar refractivity (Wildman–Crippen MR) is 126 cm³/mol. The van der Waals surface area contributed by atoms with Crippen LogP contribution in [0, 0.1) is 5.82 Å². The quantitative estimate of drug-likeness (QED) is 0.454. The van der Waals surface area contributed by atoms with Gasteiger partial charge in [0, 0.05) is 37.2 Å². The molecule has 4 N–H and O–H groups in total. The number of aliphatic carboxylic acids is 1. The Labute approximate surface area is 211 Å². The molecule has 0 aliphatic carbocycles. The van der Waals surface area contributed by atoms with Gasteiger partial charge in [0.25, 0.3) is 5.91 Å². The molecule has 1 aliphatic rings. The van der Waals surface area contributed by atoms with Crippen molar-refractivity contribution in [1.82, 2.24) is 10.2 Å². The minimum atomic E-state index is -5.08. The highest BCUT2D eigenvalue weighted by molar-refractivity contribution is 5.94. The summed E-state index contributed by atoms with van der Waals surface area (Å²) in [5.74, 6) is -2.71. The molecule has 0 radical (unpaired) electrons. The Balaban J connectivity index is 0.000000604. The van der Waals surface area contributed by atoms with Crippen molar-refractivity contribution in [2.45, 2.75) is 43.9 Å². The van der Waals surface area contributed by atoms with Gasteiger partial charge in [0.05, 0.1) is 7.11 Å². The Morgan fingerprint density at radius 3 is 2.49 bits per heavy atom. The van der Waals surface area contributed by atoms with Crippen LogP contribution in [0.25, 0.3) is 0 Å². The maximum absolute atomic E-state index is 13.8. The largest absolute Gasteiger partial charge is 0.497 e. The zero-order valence-corrected chi connectivity index (χ0v) is 20.1. The molecule has 0 bridgehead atoms. The summed E-state index contributed by atoms with van der Waals surface area (Å²) in [5.41, 5.74) is 7.14. The van der Waals surface area contributed by atoms with Crippen molar-refractivity contribution in [1.29, 1.82) is 0 Å². The van der Waals surface area contributed by atoms with Gasteiger partial charge in [0.15, 0.2) is 0 Å². The average Bonchev–Trinajstić information content (AvgIpc) is 3.32. The molecule has 2 atom stereocenters. The second-order valence-corrected chi connectivity index (χ2v) is 8.39. The first-order valence-electron chi connectivity index (χ1n) is 11.4. The third-order valence-corrected chi connectivity index (χ3v) is 5.65. The van der Waals surface area contributed by atoms with Crippen LogP contribution < -0.4 is 15.8 Å². The lowest BCUT2D eigenvalue weighted by molar-refractivity contribution is -0.192. The highest BCUT2D eigenvalue weighted by atomic mass is 19.4. The van der Waals surface area contributed by atoms with Crippen LogP contribution in [-0.2, 0) is 16.0 Å². The molecule has 2 aromatic carbocycles. The minimum absolute atomic E-state index is 0.0584. The first kappa shape index (κ1) is 29.6. The molecule has 12 heteroatoms. The van der Waals surface area contributed by atoms with Crippen molar-refractivity contribution >= 4 is 17.8 Å². The summed E-state index contributed by atoms with van der Waals surface area (Å²) >= 11 is 0. The summed E-state index contributed by atoms with van der Waals surface area (Å²) in [4.78, 5) is 35.9. The summed E-state index contributed by atoms with van der Waals surface area (Å²) in [7, 11) is 1.55. The van der Waals surface area contributed by atoms with Crippen LogP contribution in [0.3, 0.4) is 0 Å². The molecule has 1 fully saturated rings. The second-order valence-electron chi connectivity index (χ2n) is 8.39. The fourth-order valence-corrected chi connectivity index (χ4v) is 3.81. The summed E-state index contributed by atoms with van der Waals surface area (Å²) in [6, 6.07) is 12.9. The van der Waals surface area contributed by atoms with E-state index in [9.17, 15) is 27.2 Å². The minimum Gasteiger partial charge on any atom is -0.497 e. The first-order valence-corrected chi connectivity index (χ1v) is 11.4. The van der Waals surface area contributed by atoms with E-state index < -0.39 is 18.2 Å². The second kappa shape index (κ2) is 13.6. The van der Waals surface area contributed by atoms with E-state index in [2.05, 4.69) is 5.32 Å². The maximum Gasteiger partial charge on any atom is 0.490 e. The van der Waals surface area contributed by atoms with Crippen LogP contribution in [-0.4, -0.2) is 66.2 Å². The van der Waals surface area contributed by atoms with Crippen molar-refractivity contribution in [2.24, 2.45) is 5.73 Å². The van der Waals surface area contributed by atoms with E-state index in [1.165, 1.54) is 6.07 Å². The van der Waals surface area contributed by atoms with E-state index in [4.69, 9.17) is 20.4 Å².